The molecule has 20 heavy (non-hydrogen) atoms. The van der Waals surface area contributed by atoms with Crippen LogP contribution in [0.3, 0.4) is 0 Å². The minimum absolute atomic E-state index is 0.222. The Kier molecular flexibility index (Phi) is 4.23. The van der Waals surface area contributed by atoms with E-state index in [1.165, 1.54) is 0 Å². The van der Waals surface area contributed by atoms with Gasteiger partial charge in [-0.2, -0.15) is 0 Å². The molecule has 4 heteroatoms. The van der Waals surface area contributed by atoms with Gasteiger partial charge < -0.3 is 4.74 Å². The summed E-state index contributed by atoms with van der Waals surface area (Å²) in [6.07, 6.45) is 0.303. The van der Waals surface area contributed by atoms with Crippen molar-refractivity contribution in [1.29, 1.82) is 0 Å². The van der Waals surface area contributed by atoms with Gasteiger partial charge in [-0.1, -0.05) is 36.8 Å². The predicted molar refractivity (Wildman–Crippen MR) is 76.3 cm³/mol. The first-order chi connectivity index (χ1) is 9.46. The summed E-state index contributed by atoms with van der Waals surface area (Å²) in [4.78, 5) is 24.0. The Bertz CT molecular complexity index is 509. The topological polar surface area (TPSA) is 55.4 Å². The molecule has 1 saturated heterocycles. The minimum atomic E-state index is -0.495. The normalized spacial score (nSPS) is 26.4. The molecule has 1 aromatic rings. The molecule has 1 aliphatic heterocycles. The first-order valence-electron chi connectivity index (χ1n) is 6.94. The molecular weight excluding hydrogens is 254 g/mol. The van der Waals surface area contributed by atoms with Gasteiger partial charge in [0.15, 0.2) is 0 Å². The number of nitrogens with one attached hydrogen (secondary N) is 1. The van der Waals surface area contributed by atoms with Gasteiger partial charge in [-0.05, 0) is 19.4 Å². The summed E-state index contributed by atoms with van der Waals surface area (Å²) < 4.78 is 5.52. The van der Waals surface area contributed by atoms with Gasteiger partial charge in [-0.25, -0.2) is 0 Å². The van der Waals surface area contributed by atoms with Gasteiger partial charge >= 0.3 is 0 Å². The highest BCUT2D eigenvalue weighted by molar-refractivity contribution is 6.02. The quantitative estimate of drug-likeness (QED) is 0.857. The van der Waals surface area contributed by atoms with E-state index < -0.39 is 5.41 Å². The molecule has 108 valence electrons. The number of imide groups is 1. The SMILES string of the molecule is CCOCC1(C)CC(=O)NC(=O)C1c1ccc(C)cc1. The van der Waals surface area contributed by atoms with Crippen molar-refractivity contribution >= 4 is 11.8 Å². The molecule has 1 N–H and O–H groups in total. The molecule has 2 atom stereocenters. The summed E-state index contributed by atoms with van der Waals surface area (Å²) in [6, 6.07) is 7.89. The second kappa shape index (κ2) is 5.75. The van der Waals surface area contributed by atoms with Gasteiger partial charge in [-0.15, -0.1) is 0 Å². The van der Waals surface area contributed by atoms with Crippen LogP contribution in [0.4, 0.5) is 0 Å². The van der Waals surface area contributed by atoms with Gasteiger partial charge in [-0.3, -0.25) is 14.9 Å². The number of benzene rings is 1. The molecule has 2 rings (SSSR count). The maximum atomic E-state index is 12.3. The lowest BCUT2D eigenvalue weighted by atomic mass is 9.69. The number of piperidine rings is 1. The zero-order valence-corrected chi connectivity index (χ0v) is 12.2. The zero-order valence-electron chi connectivity index (χ0n) is 12.2. The molecule has 0 bridgehead atoms. The molecule has 0 spiro atoms. The lowest BCUT2D eigenvalue weighted by Gasteiger charge is -2.39. The number of hydrogen-bond donors (Lipinski definition) is 1. The molecule has 0 aliphatic carbocycles. The van der Waals surface area contributed by atoms with Crippen LogP contribution < -0.4 is 5.32 Å². The number of carbonyl (C=O) groups excluding carboxylic acids is 2. The van der Waals surface area contributed by atoms with Crippen molar-refractivity contribution in [2.45, 2.75) is 33.1 Å². The average molecular weight is 275 g/mol. The van der Waals surface area contributed by atoms with Crippen molar-refractivity contribution in [1.82, 2.24) is 5.32 Å². The molecule has 1 heterocycles. The van der Waals surface area contributed by atoms with Crippen LogP contribution in [0.15, 0.2) is 24.3 Å². The van der Waals surface area contributed by atoms with Crippen LogP contribution in [0.25, 0.3) is 0 Å². The number of rotatable bonds is 4. The number of hydrogen-bond acceptors (Lipinski definition) is 3. The second-order valence-corrected chi connectivity index (χ2v) is 5.72. The fourth-order valence-corrected chi connectivity index (χ4v) is 2.82. The standard InChI is InChI=1S/C16H21NO3/c1-4-20-10-16(3)9-13(18)17-15(19)14(16)12-7-5-11(2)6-8-12/h5-8,14H,4,9-10H2,1-3H3,(H,17,18,19). The van der Waals surface area contributed by atoms with Gasteiger partial charge in [0.05, 0.1) is 12.5 Å². The Morgan fingerprint density at radius 1 is 1.30 bits per heavy atom. The number of ether oxygens (including phenoxy) is 1. The van der Waals surface area contributed by atoms with Crippen molar-refractivity contribution in [2.75, 3.05) is 13.2 Å². The van der Waals surface area contributed by atoms with Crippen LogP contribution in [0.1, 0.15) is 37.3 Å². The summed E-state index contributed by atoms with van der Waals surface area (Å²) in [6.45, 7) is 6.85. The Hall–Kier alpha value is -1.68. The van der Waals surface area contributed by atoms with Gasteiger partial charge in [0.25, 0.3) is 0 Å². The fourth-order valence-electron chi connectivity index (χ4n) is 2.82. The molecule has 0 aromatic heterocycles. The van der Waals surface area contributed by atoms with E-state index in [0.717, 1.165) is 11.1 Å². The van der Waals surface area contributed by atoms with Crippen LogP contribution in [0.5, 0.6) is 0 Å². The third-order valence-corrected chi connectivity index (χ3v) is 3.83. The predicted octanol–water partition coefficient (Wildman–Crippen LogP) is 2.17. The molecule has 1 fully saturated rings. The third-order valence-electron chi connectivity index (χ3n) is 3.83. The van der Waals surface area contributed by atoms with E-state index in [4.69, 9.17) is 4.74 Å². The highest BCUT2D eigenvalue weighted by Gasteiger charge is 2.46. The van der Waals surface area contributed by atoms with Gasteiger partial charge in [0.2, 0.25) is 11.8 Å². The third kappa shape index (κ3) is 2.90. The highest BCUT2D eigenvalue weighted by atomic mass is 16.5. The maximum Gasteiger partial charge on any atom is 0.234 e. The van der Waals surface area contributed by atoms with Crippen molar-refractivity contribution in [3.05, 3.63) is 35.4 Å². The lowest BCUT2D eigenvalue weighted by Crippen LogP contribution is -2.51. The molecule has 2 amide bonds. The van der Waals surface area contributed by atoms with Crippen molar-refractivity contribution in [3.8, 4) is 0 Å². The molecule has 1 aromatic carbocycles. The first kappa shape index (κ1) is 14.7. The molecule has 0 saturated carbocycles. The summed E-state index contributed by atoms with van der Waals surface area (Å²) in [7, 11) is 0. The van der Waals surface area contributed by atoms with Gasteiger partial charge in [0.1, 0.15) is 0 Å². The largest absolute Gasteiger partial charge is 0.381 e. The van der Waals surface area contributed by atoms with E-state index in [-0.39, 0.29) is 17.7 Å². The fraction of sp³-hybridized carbons (Fsp3) is 0.500. The summed E-state index contributed by atoms with van der Waals surface area (Å²) in [5, 5.41) is 2.44. The summed E-state index contributed by atoms with van der Waals surface area (Å²) >= 11 is 0. The van der Waals surface area contributed by atoms with Crippen LogP contribution >= 0.6 is 0 Å². The monoisotopic (exact) mass is 275 g/mol. The molecule has 1 aliphatic rings. The smallest absolute Gasteiger partial charge is 0.234 e. The van der Waals surface area contributed by atoms with Crippen molar-refractivity contribution < 1.29 is 14.3 Å². The van der Waals surface area contributed by atoms with E-state index >= 15 is 0 Å². The van der Waals surface area contributed by atoms with Crippen LogP contribution in [0.2, 0.25) is 0 Å². The minimum Gasteiger partial charge on any atom is -0.381 e. The van der Waals surface area contributed by atoms with Crippen LogP contribution in [0, 0.1) is 12.3 Å². The number of aryl methyl sites for hydroxylation is 1. The lowest BCUT2D eigenvalue weighted by molar-refractivity contribution is -0.141. The Labute approximate surface area is 119 Å². The van der Waals surface area contributed by atoms with Gasteiger partial charge in [0, 0.05) is 18.4 Å². The van der Waals surface area contributed by atoms with E-state index in [9.17, 15) is 9.59 Å². The Morgan fingerprint density at radius 3 is 2.55 bits per heavy atom. The van der Waals surface area contributed by atoms with E-state index in [2.05, 4.69) is 5.32 Å². The molecule has 2 unspecified atom stereocenters. The van der Waals surface area contributed by atoms with Crippen LogP contribution in [-0.2, 0) is 14.3 Å². The number of carbonyl (C=O) groups is 2. The molecule has 0 radical (unpaired) electrons. The first-order valence-corrected chi connectivity index (χ1v) is 6.94. The summed E-state index contributed by atoms with van der Waals surface area (Å²) in [5.41, 5.74) is 1.58. The zero-order chi connectivity index (χ0) is 14.8. The molecular formula is C16H21NO3. The van der Waals surface area contributed by atoms with Crippen molar-refractivity contribution in [3.63, 3.8) is 0 Å². The Morgan fingerprint density at radius 2 is 1.95 bits per heavy atom. The molecule has 4 nitrogen and oxygen atoms in total. The summed E-state index contributed by atoms with van der Waals surface area (Å²) in [5.74, 6) is -0.805. The van der Waals surface area contributed by atoms with Crippen molar-refractivity contribution in [2.24, 2.45) is 5.41 Å². The maximum absolute atomic E-state index is 12.3. The van der Waals surface area contributed by atoms with Crippen LogP contribution in [-0.4, -0.2) is 25.0 Å². The average Bonchev–Trinajstić information content (AvgIpc) is 2.38. The highest BCUT2D eigenvalue weighted by Crippen LogP contribution is 2.41. The second-order valence-electron chi connectivity index (χ2n) is 5.72. The Balaban J connectivity index is 2.36. The van der Waals surface area contributed by atoms with E-state index in [1.807, 2.05) is 45.0 Å². The number of amides is 2. The van der Waals surface area contributed by atoms with E-state index in [0.29, 0.717) is 19.6 Å². The van der Waals surface area contributed by atoms with E-state index in [1.54, 1.807) is 0 Å².